The summed E-state index contributed by atoms with van der Waals surface area (Å²) >= 11 is 3.33. The second-order valence-corrected chi connectivity index (χ2v) is 7.34. The molecule has 0 aliphatic heterocycles. The van der Waals surface area contributed by atoms with Gasteiger partial charge in [0.15, 0.2) is 11.4 Å². The Morgan fingerprint density at radius 1 is 1.10 bits per heavy atom. The molecule has 4 rings (SSSR count). The van der Waals surface area contributed by atoms with E-state index in [4.69, 9.17) is 0 Å². The zero-order valence-electron chi connectivity index (χ0n) is 15.2. The highest BCUT2D eigenvalue weighted by Gasteiger charge is 2.16. The number of amides is 1. The Balaban J connectivity index is 1.51. The smallest absolute Gasteiger partial charge is 0.275 e. The maximum atomic E-state index is 12.5. The van der Waals surface area contributed by atoms with Gasteiger partial charge in [-0.05, 0) is 41.8 Å². The van der Waals surface area contributed by atoms with Crippen molar-refractivity contribution < 1.29 is 9.90 Å². The average Bonchev–Trinajstić information content (AvgIpc) is 3.12. The largest absolute Gasteiger partial charge is 0.505 e. The monoisotopic (exact) mass is 452 g/mol. The lowest BCUT2D eigenvalue weighted by molar-refractivity contribution is 0.0942. The molecule has 8 heteroatoms. The summed E-state index contributed by atoms with van der Waals surface area (Å²) in [5.41, 5.74) is 0.836. The van der Waals surface area contributed by atoms with E-state index in [1.165, 1.54) is 0 Å². The Morgan fingerprint density at radius 2 is 1.86 bits per heavy atom. The first-order valence-electron chi connectivity index (χ1n) is 8.94. The van der Waals surface area contributed by atoms with Crippen LogP contribution in [0.4, 0.5) is 0 Å². The molecule has 29 heavy (non-hydrogen) atoms. The normalized spacial score (nSPS) is 10.9. The Morgan fingerprint density at radius 3 is 2.66 bits per heavy atom. The minimum Gasteiger partial charge on any atom is -0.505 e. The van der Waals surface area contributed by atoms with E-state index in [2.05, 4.69) is 26.3 Å². The molecule has 0 aliphatic rings. The highest BCUT2D eigenvalue weighted by Crippen LogP contribution is 2.16. The number of benzene rings is 2. The predicted octanol–water partition coefficient (Wildman–Crippen LogP) is 3.09. The summed E-state index contributed by atoms with van der Waals surface area (Å²) in [5.74, 6) is -1.00. The van der Waals surface area contributed by atoms with Crippen LogP contribution in [0.1, 0.15) is 10.5 Å². The van der Waals surface area contributed by atoms with E-state index in [0.717, 1.165) is 26.1 Å². The van der Waals surface area contributed by atoms with Crippen LogP contribution in [-0.2, 0) is 6.54 Å². The molecule has 0 saturated carbocycles. The van der Waals surface area contributed by atoms with Crippen LogP contribution in [0.25, 0.3) is 16.6 Å². The summed E-state index contributed by atoms with van der Waals surface area (Å²) in [6, 6.07) is 17.9. The second-order valence-electron chi connectivity index (χ2n) is 6.43. The molecule has 0 unspecified atom stereocenters. The molecule has 2 heterocycles. The van der Waals surface area contributed by atoms with Crippen molar-refractivity contribution in [3.05, 3.63) is 87.4 Å². The number of nitrogens with zero attached hydrogens (tertiary/aromatic N) is 3. The van der Waals surface area contributed by atoms with Gasteiger partial charge in [0.25, 0.3) is 11.5 Å². The molecular weight excluding hydrogens is 436 g/mol. The van der Waals surface area contributed by atoms with E-state index >= 15 is 0 Å². The number of nitrogens with one attached hydrogen (secondary N) is 1. The maximum Gasteiger partial charge on any atom is 0.275 e. The SMILES string of the molecule is O=C(NCCn1ccc2ccccc21)c1nn(-c2ccc(Br)cc2)c(=O)cc1O. The van der Waals surface area contributed by atoms with Crippen molar-refractivity contribution >= 4 is 32.7 Å². The number of aromatic nitrogens is 3. The average molecular weight is 453 g/mol. The van der Waals surface area contributed by atoms with Gasteiger partial charge in [-0.15, -0.1) is 0 Å². The molecule has 0 fully saturated rings. The molecule has 0 aliphatic carbocycles. The molecule has 0 bridgehead atoms. The lowest BCUT2D eigenvalue weighted by Gasteiger charge is -2.10. The number of aromatic hydroxyl groups is 1. The molecule has 0 atom stereocenters. The zero-order chi connectivity index (χ0) is 20.4. The van der Waals surface area contributed by atoms with Gasteiger partial charge >= 0.3 is 0 Å². The van der Waals surface area contributed by atoms with Crippen LogP contribution in [0, 0.1) is 0 Å². The third-order valence-corrected chi connectivity index (χ3v) is 5.04. The topological polar surface area (TPSA) is 89.2 Å². The van der Waals surface area contributed by atoms with E-state index < -0.39 is 17.2 Å². The molecule has 0 radical (unpaired) electrons. The van der Waals surface area contributed by atoms with E-state index in [0.29, 0.717) is 18.8 Å². The first-order valence-corrected chi connectivity index (χ1v) is 9.73. The van der Waals surface area contributed by atoms with Gasteiger partial charge in [0.1, 0.15) is 0 Å². The molecule has 2 aromatic heterocycles. The number of rotatable bonds is 5. The van der Waals surface area contributed by atoms with E-state index in [1.54, 1.807) is 24.3 Å². The molecule has 146 valence electrons. The fourth-order valence-electron chi connectivity index (χ4n) is 3.09. The van der Waals surface area contributed by atoms with Crippen molar-refractivity contribution in [3.8, 4) is 11.4 Å². The van der Waals surface area contributed by atoms with Crippen LogP contribution < -0.4 is 10.9 Å². The number of hydrogen-bond donors (Lipinski definition) is 2. The predicted molar refractivity (Wildman–Crippen MR) is 113 cm³/mol. The van der Waals surface area contributed by atoms with Crippen molar-refractivity contribution in [2.45, 2.75) is 6.54 Å². The van der Waals surface area contributed by atoms with E-state index in [9.17, 15) is 14.7 Å². The minimum absolute atomic E-state index is 0.204. The Kier molecular flexibility index (Phi) is 5.18. The van der Waals surface area contributed by atoms with Crippen molar-refractivity contribution in [1.29, 1.82) is 0 Å². The van der Waals surface area contributed by atoms with Crippen LogP contribution in [-0.4, -0.2) is 31.9 Å². The molecule has 1 amide bonds. The van der Waals surface area contributed by atoms with Crippen molar-refractivity contribution in [3.63, 3.8) is 0 Å². The summed E-state index contributed by atoms with van der Waals surface area (Å²) in [6.45, 7) is 0.905. The number of carbonyl (C=O) groups is 1. The highest BCUT2D eigenvalue weighted by molar-refractivity contribution is 9.10. The van der Waals surface area contributed by atoms with Crippen LogP contribution in [0.15, 0.2) is 76.1 Å². The number of halogens is 1. The Labute approximate surface area is 174 Å². The number of para-hydroxylation sites is 1. The van der Waals surface area contributed by atoms with Crippen LogP contribution in [0.2, 0.25) is 0 Å². The Bertz CT molecular complexity index is 1250. The number of carbonyl (C=O) groups excluding carboxylic acids is 1. The van der Waals surface area contributed by atoms with Crippen molar-refractivity contribution in [1.82, 2.24) is 19.7 Å². The number of fused-ring (bicyclic) bond motifs is 1. The van der Waals surface area contributed by atoms with Gasteiger partial charge < -0.3 is 15.0 Å². The molecule has 0 saturated heterocycles. The molecule has 2 N–H and O–H groups in total. The Hall–Kier alpha value is -3.39. The van der Waals surface area contributed by atoms with Crippen LogP contribution in [0.3, 0.4) is 0 Å². The van der Waals surface area contributed by atoms with Crippen LogP contribution >= 0.6 is 15.9 Å². The van der Waals surface area contributed by atoms with Gasteiger partial charge in [-0.2, -0.15) is 9.78 Å². The highest BCUT2D eigenvalue weighted by atomic mass is 79.9. The summed E-state index contributed by atoms with van der Waals surface area (Å²) in [5, 5.41) is 18.0. The lowest BCUT2D eigenvalue weighted by atomic mass is 10.2. The first kappa shape index (κ1) is 18.9. The molecular formula is C21H17BrN4O3. The first-order chi connectivity index (χ1) is 14.0. The molecule has 4 aromatic rings. The summed E-state index contributed by atoms with van der Waals surface area (Å²) in [4.78, 5) is 24.7. The van der Waals surface area contributed by atoms with Gasteiger partial charge in [-0.3, -0.25) is 9.59 Å². The summed E-state index contributed by atoms with van der Waals surface area (Å²) < 4.78 is 3.97. The van der Waals surface area contributed by atoms with Gasteiger partial charge in [0, 0.05) is 35.3 Å². The molecule has 2 aromatic carbocycles. The van der Waals surface area contributed by atoms with E-state index in [1.807, 2.05) is 41.1 Å². The van der Waals surface area contributed by atoms with Gasteiger partial charge in [-0.25, -0.2) is 0 Å². The summed E-state index contributed by atoms with van der Waals surface area (Å²) in [6.07, 6.45) is 1.96. The third-order valence-electron chi connectivity index (χ3n) is 4.52. The zero-order valence-corrected chi connectivity index (χ0v) is 16.8. The minimum atomic E-state index is -0.551. The van der Waals surface area contributed by atoms with Crippen LogP contribution in [0.5, 0.6) is 5.75 Å². The number of hydrogen-bond acceptors (Lipinski definition) is 4. The third kappa shape index (κ3) is 3.93. The van der Waals surface area contributed by atoms with Crippen molar-refractivity contribution in [2.24, 2.45) is 0 Å². The van der Waals surface area contributed by atoms with Gasteiger partial charge in [0.05, 0.1) is 5.69 Å². The maximum absolute atomic E-state index is 12.5. The molecule has 0 spiro atoms. The molecule has 7 nitrogen and oxygen atoms in total. The second kappa shape index (κ2) is 7.92. The fourth-order valence-corrected chi connectivity index (χ4v) is 3.35. The fraction of sp³-hybridized carbons (Fsp3) is 0.0952. The quantitative estimate of drug-likeness (QED) is 0.486. The van der Waals surface area contributed by atoms with Gasteiger partial charge in [-0.1, -0.05) is 34.1 Å². The van der Waals surface area contributed by atoms with E-state index in [-0.39, 0.29) is 5.69 Å². The van der Waals surface area contributed by atoms with Crippen molar-refractivity contribution in [2.75, 3.05) is 6.54 Å². The standard InChI is InChI=1S/C21H17BrN4O3/c22-15-5-7-16(8-6-15)26-19(28)13-18(27)20(24-26)21(29)23-10-12-25-11-9-14-3-1-2-4-17(14)25/h1-9,11,13,27H,10,12H2,(H,23,29). The van der Waals surface area contributed by atoms with Gasteiger partial charge in [0.2, 0.25) is 0 Å². The summed E-state index contributed by atoms with van der Waals surface area (Å²) in [7, 11) is 0. The lowest BCUT2D eigenvalue weighted by Crippen LogP contribution is -2.31.